The molecule has 200 valence electrons. The third-order valence-corrected chi connectivity index (χ3v) is 7.66. The van der Waals surface area contributed by atoms with E-state index in [9.17, 15) is 18.0 Å². The van der Waals surface area contributed by atoms with E-state index in [1.165, 1.54) is 17.2 Å². The predicted molar refractivity (Wildman–Crippen MR) is 138 cm³/mol. The maximum atomic E-state index is 13.8. The first-order valence-electron chi connectivity index (χ1n) is 13.2. The lowest BCUT2D eigenvalue weighted by Gasteiger charge is -2.37. The van der Waals surface area contributed by atoms with Gasteiger partial charge in [-0.25, -0.2) is 0 Å². The maximum absolute atomic E-state index is 13.8. The highest BCUT2D eigenvalue weighted by Crippen LogP contribution is 2.41. The molecule has 2 fully saturated rings. The van der Waals surface area contributed by atoms with E-state index in [1.807, 2.05) is 13.0 Å². The molecule has 4 rings (SSSR count). The third kappa shape index (κ3) is 6.72. The first kappa shape index (κ1) is 27.2. The monoisotopic (exact) mass is 515 g/mol. The zero-order valence-electron chi connectivity index (χ0n) is 21.6. The summed E-state index contributed by atoms with van der Waals surface area (Å²) >= 11 is 0. The summed E-state index contributed by atoms with van der Waals surface area (Å²) in [4.78, 5) is 18.9. The van der Waals surface area contributed by atoms with E-state index in [2.05, 4.69) is 29.1 Å². The van der Waals surface area contributed by atoms with Gasteiger partial charge >= 0.3 is 6.18 Å². The molecule has 2 aromatic carbocycles. The standard InChI is InChI=1S/C29H36F3N3O2/c1-3-21-14-23(10-11-24(21)15-35-16-25(17-35)28(33)36)19(2)34-37-18-20-9-12-26(22-7-5-4-6-8-22)27(13-20)29(30,31)32/h9-14,22,25H,3-8,15-18H2,1-2H3,(H2,33,36)/b34-19+. The van der Waals surface area contributed by atoms with Crippen LogP contribution in [0.2, 0.25) is 0 Å². The Labute approximate surface area is 216 Å². The van der Waals surface area contributed by atoms with E-state index >= 15 is 0 Å². The molecule has 0 atom stereocenters. The Morgan fingerprint density at radius 1 is 1.08 bits per heavy atom. The largest absolute Gasteiger partial charge is 0.416 e. The van der Waals surface area contributed by atoms with Crippen molar-refractivity contribution in [1.82, 2.24) is 4.90 Å². The average molecular weight is 516 g/mol. The van der Waals surface area contributed by atoms with E-state index in [1.54, 1.807) is 12.1 Å². The molecular weight excluding hydrogens is 479 g/mol. The lowest BCUT2D eigenvalue weighted by molar-refractivity contribution is -0.138. The van der Waals surface area contributed by atoms with Gasteiger partial charge in [0.25, 0.3) is 0 Å². The first-order chi connectivity index (χ1) is 17.7. The molecule has 2 aromatic rings. The lowest BCUT2D eigenvalue weighted by atomic mass is 9.81. The Morgan fingerprint density at radius 2 is 1.81 bits per heavy atom. The number of benzene rings is 2. The molecule has 0 bridgehead atoms. The highest BCUT2D eigenvalue weighted by molar-refractivity contribution is 5.98. The molecule has 5 nitrogen and oxygen atoms in total. The van der Waals surface area contributed by atoms with Crippen LogP contribution >= 0.6 is 0 Å². The number of hydrogen-bond donors (Lipinski definition) is 1. The van der Waals surface area contributed by atoms with Gasteiger partial charge in [-0.05, 0) is 72.1 Å². The number of halogens is 3. The highest BCUT2D eigenvalue weighted by atomic mass is 19.4. The van der Waals surface area contributed by atoms with Gasteiger partial charge in [0.2, 0.25) is 5.91 Å². The summed E-state index contributed by atoms with van der Waals surface area (Å²) in [5.41, 5.74) is 9.62. The van der Waals surface area contributed by atoms with Crippen LogP contribution in [0.3, 0.4) is 0 Å². The van der Waals surface area contributed by atoms with Crippen LogP contribution in [-0.2, 0) is 35.4 Å². The molecule has 1 aliphatic carbocycles. The molecule has 37 heavy (non-hydrogen) atoms. The topological polar surface area (TPSA) is 67.9 Å². The van der Waals surface area contributed by atoms with Gasteiger partial charge in [-0.2, -0.15) is 13.2 Å². The van der Waals surface area contributed by atoms with Crippen LogP contribution in [0.1, 0.15) is 85.3 Å². The Hall–Kier alpha value is -2.87. The number of alkyl halides is 3. The number of rotatable bonds is 9. The maximum Gasteiger partial charge on any atom is 0.416 e. The number of amides is 1. The number of carbonyl (C=O) groups is 1. The van der Waals surface area contributed by atoms with Crippen LogP contribution in [0.25, 0.3) is 0 Å². The van der Waals surface area contributed by atoms with Crippen molar-refractivity contribution in [3.63, 3.8) is 0 Å². The van der Waals surface area contributed by atoms with Crippen LogP contribution < -0.4 is 5.73 Å². The number of carbonyl (C=O) groups excluding carboxylic acids is 1. The second kappa shape index (κ2) is 11.7. The van der Waals surface area contributed by atoms with Gasteiger partial charge in [-0.1, -0.05) is 55.6 Å². The fourth-order valence-electron chi connectivity index (χ4n) is 5.42. The van der Waals surface area contributed by atoms with E-state index in [0.717, 1.165) is 50.6 Å². The van der Waals surface area contributed by atoms with Crippen molar-refractivity contribution < 1.29 is 22.8 Å². The fraction of sp³-hybridized carbons (Fsp3) is 0.517. The molecule has 0 spiro atoms. The minimum absolute atomic E-state index is 0.0259. The van der Waals surface area contributed by atoms with Crippen molar-refractivity contribution in [2.24, 2.45) is 16.8 Å². The Bertz CT molecular complexity index is 1130. The summed E-state index contributed by atoms with van der Waals surface area (Å²) in [6.45, 7) is 6.02. The molecule has 1 amide bonds. The third-order valence-electron chi connectivity index (χ3n) is 7.66. The second-order valence-electron chi connectivity index (χ2n) is 10.3. The Balaban J connectivity index is 1.40. The summed E-state index contributed by atoms with van der Waals surface area (Å²) in [6.07, 6.45) is 1.14. The van der Waals surface area contributed by atoms with Crippen molar-refractivity contribution in [1.29, 1.82) is 0 Å². The summed E-state index contributed by atoms with van der Waals surface area (Å²) in [5, 5.41) is 4.19. The molecular formula is C29H36F3N3O2. The number of oxime groups is 1. The molecule has 0 radical (unpaired) electrons. The minimum Gasteiger partial charge on any atom is -0.391 e. The van der Waals surface area contributed by atoms with E-state index < -0.39 is 11.7 Å². The van der Waals surface area contributed by atoms with Crippen LogP contribution in [0.15, 0.2) is 41.6 Å². The van der Waals surface area contributed by atoms with Gasteiger partial charge < -0.3 is 10.6 Å². The summed E-state index contributed by atoms with van der Waals surface area (Å²) < 4.78 is 41.5. The van der Waals surface area contributed by atoms with Crippen molar-refractivity contribution in [2.75, 3.05) is 13.1 Å². The number of hydrogen-bond acceptors (Lipinski definition) is 4. The summed E-state index contributed by atoms with van der Waals surface area (Å²) in [5.74, 6) is -0.336. The number of nitrogens with two attached hydrogens (primary N) is 1. The average Bonchev–Trinajstić information content (AvgIpc) is 2.85. The number of primary amides is 1. The van der Waals surface area contributed by atoms with Crippen LogP contribution in [0.4, 0.5) is 13.2 Å². The zero-order chi connectivity index (χ0) is 26.6. The van der Waals surface area contributed by atoms with Crippen molar-refractivity contribution in [2.45, 2.75) is 77.6 Å². The Kier molecular flexibility index (Phi) is 8.57. The molecule has 1 aliphatic heterocycles. The summed E-state index contributed by atoms with van der Waals surface area (Å²) in [6, 6.07) is 10.7. The second-order valence-corrected chi connectivity index (χ2v) is 10.3. The van der Waals surface area contributed by atoms with E-state index in [0.29, 0.717) is 29.9 Å². The quantitative estimate of drug-likeness (QED) is 0.321. The minimum atomic E-state index is -4.39. The summed E-state index contributed by atoms with van der Waals surface area (Å²) in [7, 11) is 0. The number of aryl methyl sites for hydroxylation is 1. The van der Waals surface area contributed by atoms with E-state index in [-0.39, 0.29) is 24.3 Å². The molecule has 0 aromatic heterocycles. The van der Waals surface area contributed by atoms with Crippen LogP contribution in [0, 0.1) is 5.92 Å². The van der Waals surface area contributed by atoms with Gasteiger partial charge in [-0.3, -0.25) is 9.69 Å². The first-order valence-corrected chi connectivity index (χ1v) is 13.2. The molecule has 1 heterocycles. The number of likely N-dealkylation sites (tertiary alicyclic amines) is 1. The SMILES string of the molecule is CCc1cc(/C(C)=N/OCc2ccc(C3CCCCC3)c(C(F)(F)F)c2)ccc1CN1CC(C(N)=O)C1. The Morgan fingerprint density at radius 3 is 2.46 bits per heavy atom. The lowest BCUT2D eigenvalue weighted by Crippen LogP contribution is -2.51. The normalized spacial score (nSPS) is 18.0. The fourth-order valence-corrected chi connectivity index (χ4v) is 5.42. The molecule has 8 heteroatoms. The molecule has 2 N–H and O–H groups in total. The van der Waals surface area contributed by atoms with Gasteiger partial charge in [0.15, 0.2) is 0 Å². The highest BCUT2D eigenvalue weighted by Gasteiger charge is 2.36. The van der Waals surface area contributed by atoms with Gasteiger partial charge in [0.05, 0.1) is 17.2 Å². The number of nitrogens with zero attached hydrogens (tertiary/aromatic N) is 2. The van der Waals surface area contributed by atoms with Crippen molar-refractivity contribution in [3.8, 4) is 0 Å². The molecule has 1 saturated carbocycles. The van der Waals surface area contributed by atoms with Gasteiger partial charge in [-0.15, -0.1) is 0 Å². The zero-order valence-corrected chi connectivity index (χ0v) is 21.6. The van der Waals surface area contributed by atoms with Gasteiger partial charge in [0, 0.05) is 19.6 Å². The van der Waals surface area contributed by atoms with Crippen LogP contribution in [0.5, 0.6) is 0 Å². The van der Waals surface area contributed by atoms with Crippen LogP contribution in [-0.4, -0.2) is 29.6 Å². The van der Waals surface area contributed by atoms with Crippen molar-refractivity contribution >= 4 is 11.6 Å². The molecule has 0 unspecified atom stereocenters. The molecule has 1 saturated heterocycles. The van der Waals surface area contributed by atoms with Crippen molar-refractivity contribution in [3.05, 3.63) is 69.8 Å². The van der Waals surface area contributed by atoms with Gasteiger partial charge in [0.1, 0.15) is 6.61 Å². The molecule has 2 aliphatic rings. The smallest absolute Gasteiger partial charge is 0.391 e. The predicted octanol–water partition coefficient (Wildman–Crippen LogP) is 6.17. The van der Waals surface area contributed by atoms with E-state index in [4.69, 9.17) is 10.6 Å².